The van der Waals surface area contributed by atoms with E-state index in [2.05, 4.69) is 12.2 Å². The molecule has 0 N–H and O–H groups in total. The van der Waals surface area contributed by atoms with Gasteiger partial charge in [0.05, 0.1) is 0 Å². The van der Waals surface area contributed by atoms with Crippen molar-refractivity contribution in [2.24, 2.45) is 0 Å². The largest absolute Gasteiger partial charge is 2.00 e. The molecular formula is C6H8Mn. The Morgan fingerprint density at radius 3 is 2.29 bits per heavy atom. The second kappa shape index (κ2) is 6.00. The molecule has 1 aliphatic carbocycles. The van der Waals surface area contributed by atoms with Gasteiger partial charge in [-0.3, -0.25) is 6.08 Å². The number of rotatable bonds is 0. The third-order valence-electron chi connectivity index (χ3n) is 0.586. The van der Waals surface area contributed by atoms with Crippen LogP contribution in [0.3, 0.4) is 0 Å². The molecule has 0 aromatic rings. The first kappa shape index (κ1) is 10.1. The van der Waals surface area contributed by atoms with Crippen molar-refractivity contribution < 1.29 is 17.1 Å². The average molecular weight is 135 g/mol. The first-order chi connectivity index (χ1) is 2.50. The second-order valence-corrected chi connectivity index (χ2v) is 1.00. The molecule has 0 nitrogen and oxygen atoms in total. The standard InChI is InChI=1S/C5H5.CH3.Mn/c1-2-4-5-3-1;;/h1-3H,4H2;1H3;/q2*-1;+2. The molecule has 0 fully saturated rings. The zero-order chi connectivity index (χ0) is 3.54. The summed E-state index contributed by atoms with van der Waals surface area (Å²) in [4.78, 5) is 0. The van der Waals surface area contributed by atoms with Crippen LogP contribution >= 0.6 is 0 Å². The SMILES string of the molecule is [C-]1=CC=CC1.[CH3-].[Mn+2]. The van der Waals surface area contributed by atoms with Crippen LogP contribution in [0.5, 0.6) is 0 Å². The monoisotopic (exact) mass is 135 g/mol. The summed E-state index contributed by atoms with van der Waals surface area (Å²) in [6.07, 6.45) is 10.0. The van der Waals surface area contributed by atoms with Crippen LogP contribution in [-0.4, -0.2) is 0 Å². The van der Waals surface area contributed by atoms with Crippen LogP contribution in [0.15, 0.2) is 18.2 Å². The predicted octanol–water partition coefficient (Wildman–Crippen LogP) is 1.75. The zero-order valence-corrected chi connectivity index (χ0v) is 5.50. The normalized spacial score (nSPS) is 12.6. The van der Waals surface area contributed by atoms with Crippen LogP contribution in [0.1, 0.15) is 6.42 Å². The molecule has 0 atom stereocenters. The summed E-state index contributed by atoms with van der Waals surface area (Å²) in [6.45, 7) is 0. The molecule has 0 unspecified atom stereocenters. The second-order valence-electron chi connectivity index (χ2n) is 1.00. The van der Waals surface area contributed by atoms with Crippen LogP contribution in [0, 0.1) is 13.5 Å². The summed E-state index contributed by atoms with van der Waals surface area (Å²) in [5, 5.41) is 0. The van der Waals surface area contributed by atoms with Crippen molar-refractivity contribution in [2.75, 3.05) is 0 Å². The van der Waals surface area contributed by atoms with Gasteiger partial charge in [-0.2, -0.15) is 6.08 Å². The van der Waals surface area contributed by atoms with E-state index in [0.717, 1.165) is 6.42 Å². The minimum absolute atomic E-state index is 0. The zero-order valence-electron chi connectivity index (χ0n) is 4.32. The molecule has 0 aromatic heterocycles. The molecule has 0 saturated carbocycles. The summed E-state index contributed by atoms with van der Waals surface area (Å²) in [7, 11) is 0. The first-order valence-electron chi connectivity index (χ1n) is 1.72. The van der Waals surface area contributed by atoms with E-state index in [-0.39, 0.29) is 24.5 Å². The Morgan fingerprint density at radius 2 is 2.14 bits per heavy atom. The van der Waals surface area contributed by atoms with Crippen LogP contribution in [0.25, 0.3) is 0 Å². The fraction of sp³-hybridized carbons (Fsp3) is 0.167. The van der Waals surface area contributed by atoms with E-state index in [1.54, 1.807) is 0 Å². The molecule has 1 rings (SSSR count). The molecule has 0 heterocycles. The van der Waals surface area contributed by atoms with Crippen molar-refractivity contribution in [1.29, 1.82) is 0 Å². The van der Waals surface area contributed by atoms with Gasteiger partial charge in [-0.15, -0.1) is 6.42 Å². The van der Waals surface area contributed by atoms with Gasteiger partial charge in [-0.25, -0.2) is 12.2 Å². The molecule has 1 radical (unpaired) electrons. The van der Waals surface area contributed by atoms with Crippen LogP contribution in [0.2, 0.25) is 0 Å². The van der Waals surface area contributed by atoms with Gasteiger partial charge in [0, 0.05) is 0 Å². The summed E-state index contributed by atoms with van der Waals surface area (Å²) in [5.74, 6) is 0. The Balaban J connectivity index is 0. The van der Waals surface area contributed by atoms with E-state index >= 15 is 0 Å². The van der Waals surface area contributed by atoms with Crippen molar-refractivity contribution >= 4 is 0 Å². The third-order valence-corrected chi connectivity index (χ3v) is 0.586. The Hall–Kier alpha value is -0.000519. The number of allylic oxidation sites excluding steroid dienone is 4. The van der Waals surface area contributed by atoms with Gasteiger partial charge in [0.25, 0.3) is 0 Å². The van der Waals surface area contributed by atoms with E-state index in [9.17, 15) is 0 Å². The first-order valence-corrected chi connectivity index (χ1v) is 1.72. The third kappa shape index (κ3) is 3.84. The smallest absolute Gasteiger partial charge is 0.358 e. The molecule has 1 aliphatic rings. The Bertz CT molecular complexity index is 62.2. The van der Waals surface area contributed by atoms with Crippen molar-refractivity contribution in [2.45, 2.75) is 6.42 Å². The van der Waals surface area contributed by atoms with Gasteiger partial charge >= 0.3 is 17.1 Å². The molecule has 0 saturated heterocycles. The molecule has 0 aliphatic heterocycles. The van der Waals surface area contributed by atoms with E-state index in [1.807, 2.05) is 12.2 Å². The Labute approximate surface area is 55.8 Å². The van der Waals surface area contributed by atoms with Crippen molar-refractivity contribution in [3.05, 3.63) is 31.7 Å². The van der Waals surface area contributed by atoms with Crippen molar-refractivity contribution in [3.63, 3.8) is 0 Å². The summed E-state index contributed by atoms with van der Waals surface area (Å²) in [5.41, 5.74) is 0. The summed E-state index contributed by atoms with van der Waals surface area (Å²) in [6, 6.07) is 0. The molecule has 1 heteroatoms. The maximum Gasteiger partial charge on any atom is 2.00 e. The molecular weight excluding hydrogens is 127 g/mol. The fourth-order valence-corrected chi connectivity index (χ4v) is 0.340. The number of hydrogen-bond donors (Lipinski definition) is 0. The van der Waals surface area contributed by atoms with Gasteiger partial charge in [0.2, 0.25) is 0 Å². The van der Waals surface area contributed by atoms with Gasteiger partial charge in [-0.05, 0) is 0 Å². The van der Waals surface area contributed by atoms with Crippen molar-refractivity contribution in [1.82, 2.24) is 0 Å². The maximum absolute atomic E-state index is 2.99. The van der Waals surface area contributed by atoms with E-state index < -0.39 is 0 Å². The molecule has 0 bridgehead atoms. The molecule has 7 heavy (non-hydrogen) atoms. The Kier molecular flexibility index (Phi) is 8.64. The molecule has 39 valence electrons. The van der Waals surface area contributed by atoms with E-state index in [1.165, 1.54) is 0 Å². The quantitative estimate of drug-likeness (QED) is 0.350. The summed E-state index contributed by atoms with van der Waals surface area (Å²) >= 11 is 0. The van der Waals surface area contributed by atoms with Crippen LogP contribution in [0.4, 0.5) is 0 Å². The van der Waals surface area contributed by atoms with Gasteiger partial charge in [0.15, 0.2) is 0 Å². The number of hydrogen-bond acceptors (Lipinski definition) is 0. The fourth-order valence-electron chi connectivity index (χ4n) is 0.340. The van der Waals surface area contributed by atoms with Gasteiger partial charge in [0.1, 0.15) is 0 Å². The molecule has 0 spiro atoms. The van der Waals surface area contributed by atoms with E-state index in [0.29, 0.717) is 0 Å². The Morgan fingerprint density at radius 1 is 1.43 bits per heavy atom. The van der Waals surface area contributed by atoms with Crippen LogP contribution < -0.4 is 0 Å². The van der Waals surface area contributed by atoms with E-state index in [4.69, 9.17) is 0 Å². The van der Waals surface area contributed by atoms with Gasteiger partial charge in [-0.1, -0.05) is 0 Å². The average Bonchev–Trinajstić information content (AvgIpc) is 1.76. The summed E-state index contributed by atoms with van der Waals surface area (Å²) < 4.78 is 0. The van der Waals surface area contributed by atoms with Crippen LogP contribution in [-0.2, 0) is 17.1 Å². The maximum atomic E-state index is 2.99. The van der Waals surface area contributed by atoms with Crippen molar-refractivity contribution in [3.8, 4) is 0 Å². The minimum Gasteiger partial charge on any atom is -0.358 e. The topological polar surface area (TPSA) is 0 Å². The molecule has 0 amide bonds. The molecule has 0 aromatic carbocycles. The predicted molar refractivity (Wildman–Crippen MR) is 28.0 cm³/mol. The van der Waals surface area contributed by atoms with Gasteiger partial charge < -0.3 is 7.43 Å². The minimum atomic E-state index is 0.